The number of nitrogens with one attached hydrogen (secondary N) is 1. The molecule has 2 aliphatic heterocycles. The van der Waals surface area contributed by atoms with Crippen molar-refractivity contribution in [2.45, 2.75) is 25.7 Å². The van der Waals surface area contributed by atoms with Gasteiger partial charge in [-0.15, -0.1) is 0 Å². The quantitative estimate of drug-likeness (QED) is 0.149. The number of carbonyl (C=O) groups excluding carboxylic acids is 2. The van der Waals surface area contributed by atoms with Gasteiger partial charge in [0.25, 0.3) is 0 Å². The summed E-state index contributed by atoms with van der Waals surface area (Å²) in [4.78, 5) is 25.6. The predicted octanol–water partition coefficient (Wildman–Crippen LogP) is 10.1. The fourth-order valence-electron chi connectivity index (χ4n) is 4.95. The van der Waals surface area contributed by atoms with Crippen LogP contribution < -0.4 is 10.2 Å². The van der Waals surface area contributed by atoms with Crippen LogP contribution in [0.15, 0.2) is 89.4 Å². The Labute approximate surface area is 304 Å². The van der Waals surface area contributed by atoms with Gasteiger partial charge >= 0.3 is 11.9 Å². The number of ether oxygens (including phenoxy) is 2. The Bertz CT molecular complexity index is 1650. The molecule has 2 saturated heterocycles. The smallest absolute Gasteiger partial charge is 0.341 e. The molecule has 4 aromatic carbocycles. The Morgan fingerprint density at radius 1 is 0.702 bits per heavy atom. The molecule has 2 heterocycles. The van der Waals surface area contributed by atoms with Gasteiger partial charge in [0.2, 0.25) is 0 Å². The molecule has 0 spiro atoms. The predicted molar refractivity (Wildman–Crippen MR) is 196 cm³/mol. The van der Waals surface area contributed by atoms with Crippen molar-refractivity contribution in [2.75, 3.05) is 44.3 Å². The molecule has 0 aliphatic carbocycles. The zero-order valence-electron chi connectivity index (χ0n) is 26.0. The van der Waals surface area contributed by atoms with Crippen molar-refractivity contribution in [1.29, 1.82) is 0 Å². The number of anilines is 1. The maximum Gasteiger partial charge on any atom is 0.341 e. The first-order valence-corrected chi connectivity index (χ1v) is 17.5. The molecular formula is C36H35BrCl4N2O4. The van der Waals surface area contributed by atoms with Crippen molar-refractivity contribution in [3.63, 3.8) is 0 Å². The van der Waals surface area contributed by atoms with Crippen molar-refractivity contribution < 1.29 is 19.1 Å². The van der Waals surface area contributed by atoms with E-state index in [4.69, 9.17) is 55.9 Å². The molecule has 6 rings (SSSR count). The molecule has 248 valence electrons. The minimum atomic E-state index is -0.510. The van der Waals surface area contributed by atoms with Crippen LogP contribution in [0.2, 0.25) is 20.1 Å². The molecule has 11 heteroatoms. The number of hydrogen-bond acceptors (Lipinski definition) is 6. The second-order valence-electron chi connectivity index (χ2n) is 10.7. The Hall–Kier alpha value is -2.78. The monoisotopic (exact) mass is 778 g/mol. The molecule has 1 N–H and O–H groups in total. The molecule has 2 fully saturated rings. The lowest BCUT2D eigenvalue weighted by Crippen LogP contribution is -2.45. The molecule has 47 heavy (non-hydrogen) atoms. The van der Waals surface area contributed by atoms with Crippen LogP contribution in [0.5, 0.6) is 0 Å². The van der Waals surface area contributed by atoms with Crippen LogP contribution in [0.3, 0.4) is 0 Å². The maximum absolute atomic E-state index is 12.0. The van der Waals surface area contributed by atoms with Gasteiger partial charge in [0, 0.05) is 42.5 Å². The molecule has 4 aromatic rings. The second kappa shape index (κ2) is 18.1. The summed E-state index contributed by atoms with van der Waals surface area (Å²) < 4.78 is 10.5. The van der Waals surface area contributed by atoms with Crippen molar-refractivity contribution in [2.24, 2.45) is 0 Å². The molecule has 0 bridgehead atoms. The maximum atomic E-state index is 12.0. The van der Waals surface area contributed by atoms with E-state index in [9.17, 15) is 9.59 Å². The lowest BCUT2D eigenvalue weighted by atomic mass is 9.91. The summed E-state index contributed by atoms with van der Waals surface area (Å²) in [6, 6.07) is 27.9. The lowest BCUT2D eigenvalue weighted by Gasteiger charge is -2.42. The van der Waals surface area contributed by atoms with E-state index < -0.39 is 11.9 Å². The van der Waals surface area contributed by atoms with E-state index in [1.165, 1.54) is 11.1 Å². The van der Waals surface area contributed by atoms with Crippen molar-refractivity contribution >= 4 is 80.0 Å². The second-order valence-corrected chi connectivity index (χ2v) is 13.1. The summed E-state index contributed by atoms with van der Waals surface area (Å²) in [6.45, 7) is 8.10. The van der Waals surface area contributed by atoms with E-state index in [-0.39, 0.29) is 34.4 Å². The topological polar surface area (TPSA) is 67.9 Å². The third-order valence-corrected chi connectivity index (χ3v) is 9.91. The number of hydrogen-bond donors (Lipinski definition) is 1. The highest BCUT2D eigenvalue weighted by molar-refractivity contribution is 9.10. The molecule has 0 aromatic heterocycles. The summed E-state index contributed by atoms with van der Waals surface area (Å²) in [7, 11) is 0. The van der Waals surface area contributed by atoms with E-state index in [0.717, 1.165) is 37.8 Å². The zero-order valence-corrected chi connectivity index (χ0v) is 30.6. The summed E-state index contributed by atoms with van der Waals surface area (Å²) >= 11 is 27.5. The van der Waals surface area contributed by atoms with Crippen LogP contribution in [0, 0.1) is 0 Å². The highest BCUT2D eigenvalue weighted by atomic mass is 79.9. The van der Waals surface area contributed by atoms with Gasteiger partial charge in [-0.2, -0.15) is 0 Å². The van der Waals surface area contributed by atoms with Crippen molar-refractivity contribution in [3.05, 3.63) is 132 Å². The number of halogens is 5. The van der Waals surface area contributed by atoms with Crippen molar-refractivity contribution in [3.8, 4) is 0 Å². The molecule has 2 aliphatic rings. The van der Waals surface area contributed by atoms with E-state index in [1.807, 2.05) is 24.3 Å². The summed E-state index contributed by atoms with van der Waals surface area (Å²) in [5.74, 6) is 0.267. The van der Waals surface area contributed by atoms with Crippen LogP contribution in [0.25, 0.3) is 0 Å². The van der Waals surface area contributed by atoms with Gasteiger partial charge < -0.3 is 19.7 Å². The van der Waals surface area contributed by atoms with E-state index in [1.54, 1.807) is 32.0 Å². The highest BCUT2D eigenvalue weighted by Crippen LogP contribution is 2.39. The lowest BCUT2D eigenvalue weighted by molar-refractivity contribution is 0.0517. The Morgan fingerprint density at radius 2 is 1.17 bits per heavy atom. The van der Waals surface area contributed by atoms with Crippen molar-refractivity contribution in [1.82, 2.24) is 5.32 Å². The van der Waals surface area contributed by atoms with Gasteiger partial charge in [0.05, 0.1) is 50.1 Å². The Kier molecular flexibility index (Phi) is 14.3. The largest absolute Gasteiger partial charge is 0.462 e. The van der Waals surface area contributed by atoms with Gasteiger partial charge in [-0.25, -0.2) is 9.59 Å². The molecule has 0 amide bonds. The minimum absolute atomic E-state index is 0.199. The van der Waals surface area contributed by atoms with Gasteiger partial charge in [-0.1, -0.05) is 107 Å². The van der Waals surface area contributed by atoms with E-state index in [2.05, 4.69) is 68.6 Å². The van der Waals surface area contributed by atoms with Crippen LogP contribution in [-0.2, 0) is 9.47 Å². The molecule has 0 atom stereocenters. The third-order valence-electron chi connectivity index (χ3n) is 7.62. The molecular weight excluding hydrogens is 746 g/mol. The summed E-state index contributed by atoms with van der Waals surface area (Å²) in [5.41, 5.74) is 4.06. The van der Waals surface area contributed by atoms with E-state index >= 15 is 0 Å². The first-order valence-electron chi connectivity index (χ1n) is 15.2. The molecule has 6 nitrogen and oxygen atoms in total. The van der Waals surface area contributed by atoms with Crippen LogP contribution in [0.1, 0.15) is 57.5 Å². The standard InChI is InChI=1S/C18H17Cl2NO2.C9H7BrCl2O2.C9H11N/c1-2-23-18(22)16-14(19)8-9-15(17(16)20)21-10-13(11-21)12-6-4-3-5-7-12;1-2-14-9(13)7-6(11)4-3-5(10)8(7)12;1-2-4-8(5-3-1)9-6-10-7-9/h3-9,13H,2,10-11H2,1H3;3-4H,2H2,1H3;1-5,9-10H,6-7H2. The summed E-state index contributed by atoms with van der Waals surface area (Å²) in [5, 5.41) is 4.50. The zero-order chi connectivity index (χ0) is 33.9. The molecule has 0 unspecified atom stereocenters. The number of benzene rings is 4. The van der Waals surface area contributed by atoms with Gasteiger partial charge in [-0.3, -0.25) is 0 Å². The number of carbonyl (C=O) groups is 2. The average molecular weight is 781 g/mol. The normalized spacial score (nSPS) is 14.0. The van der Waals surface area contributed by atoms with Gasteiger partial charge in [0.15, 0.2) is 0 Å². The van der Waals surface area contributed by atoms with Crippen LogP contribution in [0.4, 0.5) is 5.69 Å². The van der Waals surface area contributed by atoms with E-state index in [0.29, 0.717) is 20.4 Å². The SMILES string of the molecule is CCOC(=O)c1c(Cl)ccc(Br)c1Cl.CCOC(=O)c1c(Cl)ccc(N2CC(c3ccccc3)C2)c1Cl.c1ccc(C2CNC2)cc1. The van der Waals surface area contributed by atoms with Crippen LogP contribution in [-0.4, -0.2) is 51.3 Å². The fourth-order valence-corrected chi connectivity index (χ4v) is 6.45. The Balaban J connectivity index is 0.000000176. The summed E-state index contributed by atoms with van der Waals surface area (Å²) in [6.07, 6.45) is 0. The highest BCUT2D eigenvalue weighted by Gasteiger charge is 2.31. The molecule has 0 saturated carbocycles. The molecule has 0 radical (unpaired) electrons. The number of nitrogens with zero attached hydrogens (tertiary/aromatic N) is 1. The fraction of sp³-hybridized carbons (Fsp3) is 0.278. The number of esters is 2. The first kappa shape index (κ1) is 37.0. The average Bonchev–Trinajstić information content (AvgIpc) is 3.01. The minimum Gasteiger partial charge on any atom is -0.462 e. The van der Waals surface area contributed by atoms with Gasteiger partial charge in [0.1, 0.15) is 0 Å². The van der Waals surface area contributed by atoms with Crippen LogP contribution >= 0.6 is 62.3 Å². The number of rotatable bonds is 7. The van der Waals surface area contributed by atoms with Gasteiger partial charge in [-0.05, 0) is 65.2 Å². The first-order chi connectivity index (χ1) is 22.7. The Morgan fingerprint density at radius 3 is 1.64 bits per heavy atom. The third kappa shape index (κ3) is 9.65.